The van der Waals surface area contributed by atoms with Crippen LogP contribution in [0.1, 0.15) is 13.3 Å². The van der Waals surface area contributed by atoms with E-state index < -0.39 is 29.3 Å². The van der Waals surface area contributed by atoms with Crippen LogP contribution in [0.5, 0.6) is 5.75 Å². The number of aliphatic hydroxyl groups excluding tert-OH is 1. The van der Waals surface area contributed by atoms with Crippen molar-refractivity contribution in [3.05, 3.63) is 28.3 Å². The molecule has 4 N–H and O–H groups in total. The van der Waals surface area contributed by atoms with Crippen LogP contribution >= 0.6 is 0 Å². The minimum atomic E-state index is -1.26. The Bertz CT molecular complexity index is 606. The van der Waals surface area contributed by atoms with E-state index in [9.17, 15) is 19.7 Å². The van der Waals surface area contributed by atoms with E-state index in [-0.39, 0.29) is 30.3 Å². The number of ether oxygens (including phenoxy) is 1. The number of carbonyl (C=O) groups excluding carboxylic acids is 1. The molecule has 132 valence electrons. The summed E-state index contributed by atoms with van der Waals surface area (Å²) in [5.74, 6) is -1.69. The topological polar surface area (TPSA) is 151 Å². The number of rotatable bonds is 10. The first-order chi connectivity index (χ1) is 11.4. The summed E-state index contributed by atoms with van der Waals surface area (Å²) >= 11 is 0. The molecule has 1 amide bonds. The van der Waals surface area contributed by atoms with Crippen molar-refractivity contribution in [3.63, 3.8) is 0 Å². The second kappa shape index (κ2) is 9.43. The van der Waals surface area contributed by atoms with Gasteiger partial charge < -0.3 is 25.6 Å². The zero-order valence-corrected chi connectivity index (χ0v) is 13.0. The number of carbonyl (C=O) groups is 2. The van der Waals surface area contributed by atoms with Crippen molar-refractivity contribution in [3.8, 4) is 5.75 Å². The Morgan fingerprint density at radius 2 is 2.12 bits per heavy atom. The number of anilines is 1. The first-order valence-corrected chi connectivity index (χ1v) is 7.17. The third-order valence-corrected chi connectivity index (χ3v) is 2.94. The molecule has 0 fully saturated rings. The van der Waals surface area contributed by atoms with Gasteiger partial charge in [-0.2, -0.15) is 0 Å². The number of carboxylic acid groups (broad SMARTS) is 1. The maximum Gasteiger partial charge on any atom is 0.321 e. The molecule has 1 unspecified atom stereocenters. The van der Waals surface area contributed by atoms with E-state index >= 15 is 0 Å². The van der Waals surface area contributed by atoms with Gasteiger partial charge in [0.05, 0.1) is 30.6 Å². The van der Waals surface area contributed by atoms with Crippen molar-refractivity contribution in [2.24, 2.45) is 0 Å². The van der Waals surface area contributed by atoms with Crippen LogP contribution in [0.2, 0.25) is 0 Å². The van der Waals surface area contributed by atoms with Crippen LogP contribution in [0.4, 0.5) is 11.4 Å². The fraction of sp³-hybridized carbons (Fsp3) is 0.429. The van der Waals surface area contributed by atoms with Gasteiger partial charge in [0.2, 0.25) is 5.91 Å². The summed E-state index contributed by atoms with van der Waals surface area (Å²) in [5, 5.41) is 33.6. The van der Waals surface area contributed by atoms with Crippen molar-refractivity contribution < 1.29 is 29.5 Å². The largest absolute Gasteiger partial charge is 0.494 e. The van der Waals surface area contributed by atoms with E-state index in [2.05, 4.69) is 10.6 Å². The summed E-state index contributed by atoms with van der Waals surface area (Å²) in [4.78, 5) is 33.4. The summed E-state index contributed by atoms with van der Waals surface area (Å²) in [6.45, 7) is 1.79. The third kappa shape index (κ3) is 5.82. The lowest BCUT2D eigenvalue weighted by Crippen LogP contribution is -2.41. The van der Waals surface area contributed by atoms with Gasteiger partial charge >= 0.3 is 5.97 Å². The fourth-order valence-corrected chi connectivity index (χ4v) is 1.90. The molecular formula is C14H19N3O7. The molecule has 24 heavy (non-hydrogen) atoms. The molecule has 0 aliphatic heterocycles. The minimum absolute atomic E-state index is 0.00739. The molecular weight excluding hydrogens is 322 g/mol. The highest BCUT2D eigenvalue weighted by Gasteiger charge is 2.23. The smallest absolute Gasteiger partial charge is 0.321 e. The molecule has 0 aromatic heterocycles. The highest BCUT2D eigenvalue weighted by molar-refractivity contribution is 5.95. The molecule has 1 aromatic carbocycles. The van der Waals surface area contributed by atoms with Gasteiger partial charge in [0.15, 0.2) is 0 Å². The van der Waals surface area contributed by atoms with Crippen molar-refractivity contribution >= 4 is 23.3 Å². The molecule has 0 bridgehead atoms. The summed E-state index contributed by atoms with van der Waals surface area (Å²) in [5.41, 5.74) is -0.413. The zero-order chi connectivity index (χ0) is 18.1. The first-order valence-electron chi connectivity index (χ1n) is 7.17. The Morgan fingerprint density at radius 3 is 2.67 bits per heavy atom. The number of aliphatic carboxylic acids is 1. The average molecular weight is 341 g/mol. The zero-order valence-electron chi connectivity index (χ0n) is 13.0. The average Bonchev–Trinajstić information content (AvgIpc) is 2.52. The van der Waals surface area contributed by atoms with E-state index in [1.54, 1.807) is 6.92 Å². The van der Waals surface area contributed by atoms with Crippen LogP contribution in [-0.4, -0.2) is 52.8 Å². The van der Waals surface area contributed by atoms with Crippen LogP contribution in [-0.2, 0) is 9.59 Å². The van der Waals surface area contributed by atoms with E-state index in [4.69, 9.17) is 14.9 Å². The van der Waals surface area contributed by atoms with Crippen LogP contribution in [0.15, 0.2) is 18.2 Å². The van der Waals surface area contributed by atoms with Gasteiger partial charge in [-0.3, -0.25) is 19.7 Å². The number of nitrogens with one attached hydrogen (secondary N) is 2. The lowest BCUT2D eigenvalue weighted by atomic mass is 10.2. The number of nitro benzene ring substituents is 1. The predicted molar refractivity (Wildman–Crippen MR) is 84.0 cm³/mol. The molecule has 0 saturated carbocycles. The quantitative estimate of drug-likeness (QED) is 0.352. The highest BCUT2D eigenvalue weighted by atomic mass is 16.6. The van der Waals surface area contributed by atoms with Gasteiger partial charge in [0, 0.05) is 6.54 Å². The number of amides is 1. The SMILES string of the molecule is CCOc1ccc(NC(=O)CC(NCCO)C(=O)O)c([N+](=O)[O-])c1. The lowest BCUT2D eigenvalue weighted by Gasteiger charge is -2.14. The number of benzene rings is 1. The molecule has 10 nitrogen and oxygen atoms in total. The Hall–Kier alpha value is -2.72. The van der Waals surface area contributed by atoms with Crippen LogP contribution in [0.25, 0.3) is 0 Å². The summed E-state index contributed by atoms with van der Waals surface area (Å²) in [7, 11) is 0. The molecule has 0 aliphatic rings. The van der Waals surface area contributed by atoms with Crippen molar-refractivity contribution in [1.82, 2.24) is 5.32 Å². The van der Waals surface area contributed by atoms with E-state index in [0.29, 0.717) is 6.61 Å². The van der Waals surface area contributed by atoms with Crippen molar-refractivity contribution in [2.75, 3.05) is 25.1 Å². The van der Waals surface area contributed by atoms with Gasteiger partial charge in [0.1, 0.15) is 17.5 Å². The Labute approximate surface area is 137 Å². The number of hydrogen-bond acceptors (Lipinski definition) is 7. The monoisotopic (exact) mass is 341 g/mol. The van der Waals surface area contributed by atoms with Crippen molar-refractivity contribution in [2.45, 2.75) is 19.4 Å². The van der Waals surface area contributed by atoms with Crippen LogP contribution < -0.4 is 15.4 Å². The van der Waals surface area contributed by atoms with E-state index in [1.807, 2.05) is 0 Å². The summed E-state index contributed by atoms with van der Waals surface area (Å²) < 4.78 is 5.17. The standard InChI is InChI=1S/C14H19N3O7/c1-2-24-9-3-4-10(12(7-9)17(22)23)16-13(19)8-11(14(20)21)15-5-6-18/h3-4,7,11,15,18H,2,5-6,8H2,1H3,(H,16,19)(H,20,21). The second-order valence-corrected chi connectivity index (χ2v) is 4.69. The predicted octanol–water partition coefficient (Wildman–Crippen LogP) is 0.357. The Balaban J connectivity index is 2.85. The number of nitro groups is 1. The normalized spacial score (nSPS) is 11.6. The first kappa shape index (κ1) is 19.3. The number of nitrogens with zero attached hydrogens (tertiary/aromatic N) is 1. The second-order valence-electron chi connectivity index (χ2n) is 4.69. The Morgan fingerprint density at radius 1 is 1.42 bits per heavy atom. The van der Waals surface area contributed by atoms with Gasteiger partial charge in [-0.1, -0.05) is 0 Å². The maximum absolute atomic E-state index is 11.9. The minimum Gasteiger partial charge on any atom is -0.494 e. The number of hydrogen-bond donors (Lipinski definition) is 4. The number of aliphatic hydroxyl groups is 1. The lowest BCUT2D eigenvalue weighted by molar-refractivity contribution is -0.384. The molecule has 0 aliphatic carbocycles. The molecule has 0 spiro atoms. The fourth-order valence-electron chi connectivity index (χ4n) is 1.90. The van der Waals surface area contributed by atoms with Crippen LogP contribution in [0, 0.1) is 10.1 Å². The summed E-state index contributed by atoms with van der Waals surface area (Å²) in [6.07, 6.45) is -0.445. The highest BCUT2D eigenvalue weighted by Crippen LogP contribution is 2.29. The molecule has 0 saturated heterocycles. The molecule has 0 heterocycles. The van der Waals surface area contributed by atoms with E-state index in [0.717, 1.165) is 0 Å². The van der Waals surface area contributed by atoms with Gasteiger partial charge in [-0.25, -0.2) is 0 Å². The molecule has 0 radical (unpaired) electrons. The molecule has 1 atom stereocenters. The van der Waals surface area contributed by atoms with Gasteiger partial charge in [-0.05, 0) is 19.1 Å². The van der Waals surface area contributed by atoms with Gasteiger partial charge in [-0.15, -0.1) is 0 Å². The third-order valence-electron chi connectivity index (χ3n) is 2.94. The molecule has 1 aromatic rings. The van der Waals surface area contributed by atoms with Gasteiger partial charge in [0.25, 0.3) is 5.69 Å². The maximum atomic E-state index is 11.9. The molecule has 10 heteroatoms. The summed E-state index contributed by atoms with van der Waals surface area (Å²) in [6, 6.07) is 2.75. The molecule has 1 rings (SSSR count). The Kier molecular flexibility index (Phi) is 7.59. The van der Waals surface area contributed by atoms with Crippen molar-refractivity contribution in [1.29, 1.82) is 0 Å². The number of carboxylic acids is 1. The van der Waals surface area contributed by atoms with E-state index in [1.165, 1.54) is 18.2 Å². The van der Waals surface area contributed by atoms with Crippen LogP contribution in [0.3, 0.4) is 0 Å².